The van der Waals surface area contributed by atoms with Crippen molar-refractivity contribution in [2.45, 2.75) is 0 Å². The van der Waals surface area contributed by atoms with E-state index >= 15 is 0 Å². The van der Waals surface area contributed by atoms with Gasteiger partial charge in [-0.1, -0.05) is 0 Å². The molecule has 0 atom stereocenters. The Balaban J connectivity index is 2.30. The first-order valence-corrected chi connectivity index (χ1v) is 1.73. The summed E-state index contributed by atoms with van der Waals surface area (Å²) in [6, 6.07) is 0. The third kappa shape index (κ3) is 2.16. The topological polar surface area (TPSA) is 29.1 Å². The SMILES string of the molecule is O=C[NH][Mo]. The maximum absolute atomic E-state index is 9.06. The van der Waals surface area contributed by atoms with Crippen LogP contribution in [0.25, 0.3) is 0 Å². The number of carbonyl (C=O) groups excluding carboxylic acids is 1. The summed E-state index contributed by atoms with van der Waals surface area (Å²) in [5, 5.41) is 0. The molecule has 0 bridgehead atoms. The van der Waals surface area contributed by atoms with E-state index in [-0.39, 0.29) is 0 Å². The van der Waals surface area contributed by atoms with Gasteiger partial charge in [-0.2, -0.15) is 0 Å². The van der Waals surface area contributed by atoms with Crippen LogP contribution in [-0.2, 0) is 24.9 Å². The predicted octanol–water partition coefficient (Wildman–Crippen LogP) is -0.806. The van der Waals surface area contributed by atoms with Gasteiger partial charge in [0.2, 0.25) is 0 Å². The molecule has 0 rings (SSSR count). The summed E-state index contributed by atoms with van der Waals surface area (Å²) in [4.78, 5) is 9.06. The van der Waals surface area contributed by atoms with Crippen molar-refractivity contribution < 1.29 is 24.9 Å². The first kappa shape index (κ1) is 4.16. The third-order valence-corrected chi connectivity index (χ3v) is 0.285. The minimum atomic E-state index is 0.629. The number of rotatable bonds is 1. The molecule has 2 nitrogen and oxygen atoms in total. The van der Waals surface area contributed by atoms with E-state index in [1.54, 1.807) is 0 Å². The average Bonchev–Trinajstić information content (AvgIpc) is 1.37. The fourth-order valence-corrected chi connectivity index (χ4v) is 0. The number of nitrogens with one attached hydrogen (secondary N) is 1. The van der Waals surface area contributed by atoms with Crippen LogP contribution in [0, 0.1) is 0 Å². The molecule has 0 radical (unpaired) electrons. The van der Waals surface area contributed by atoms with Crippen LogP contribution >= 0.6 is 0 Å². The zero-order valence-corrected chi connectivity index (χ0v) is 3.90. The number of carbonyl (C=O) groups is 1. The Hall–Kier alpha value is 0.158. The van der Waals surface area contributed by atoms with Crippen LogP contribution in [0.2, 0.25) is 0 Å². The van der Waals surface area contributed by atoms with Gasteiger partial charge in [0, 0.05) is 0 Å². The Morgan fingerprint density at radius 2 is 2.25 bits per heavy atom. The van der Waals surface area contributed by atoms with Crippen molar-refractivity contribution in [1.29, 1.82) is 0 Å². The van der Waals surface area contributed by atoms with Gasteiger partial charge in [0.15, 0.2) is 0 Å². The molecule has 1 amide bonds. The predicted molar refractivity (Wildman–Crippen MR) is 9.20 cm³/mol. The Labute approximate surface area is 35.8 Å². The second kappa shape index (κ2) is 3.16. The third-order valence-electron chi connectivity index (χ3n) is 0.0481. The van der Waals surface area contributed by atoms with Gasteiger partial charge in [-0.3, -0.25) is 0 Å². The maximum atomic E-state index is 9.06. The molecule has 3 heteroatoms. The van der Waals surface area contributed by atoms with Gasteiger partial charge in [0.05, 0.1) is 0 Å². The van der Waals surface area contributed by atoms with Gasteiger partial charge < -0.3 is 0 Å². The van der Waals surface area contributed by atoms with Gasteiger partial charge in [0.1, 0.15) is 0 Å². The first-order valence-electron chi connectivity index (χ1n) is 0.729. The molecule has 0 fully saturated rings. The molecule has 0 aliphatic carbocycles. The molecule has 0 aromatic carbocycles. The van der Waals surface area contributed by atoms with Crippen LogP contribution in [0.4, 0.5) is 0 Å². The molecule has 0 spiro atoms. The molecule has 0 heterocycles. The summed E-state index contributed by atoms with van der Waals surface area (Å²) < 4.78 is 2.26. The van der Waals surface area contributed by atoms with Gasteiger partial charge in [-0.15, -0.1) is 0 Å². The normalized spacial score (nSPS) is 5.00. The summed E-state index contributed by atoms with van der Waals surface area (Å²) >= 11 is 1.51. The quantitative estimate of drug-likeness (QED) is 0.374. The Morgan fingerprint density at radius 1 is 2.00 bits per heavy atom. The van der Waals surface area contributed by atoms with Crippen molar-refractivity contribution in [1.82, 2.24) is 3.88 Å². The molecule has 4 heavy (non-hydrogen) atoms. The molecule has 0 aliphatic rings. The molecule has 0 unspecified atom stereocenters. The van der Waals surface area contributed by atoms with Crippen LogP contribution < -0.4 is 3.88 Å². The molecule has 0 aromatic heterocycles. The number of hydrogen-bond donors (Lipinski definition) is 1. The fraction of sp³-hybridized carbons (Fsp3) is 0. The summed E-state index contributed by atoms with van der Waals surface area (Å²) in [6.45, 7) is 0. The fourth-order valence-electron chi connectivity index (χ4n) is 0. The molecule has 1 N–H and O–H groups in total. The van der Waals surface area contributed by atoms with E-state index in [0.717, 1.165) is 0 Å². The van der Waals surface area contributed by atoms with Crippen LogP contribution in [0.3, 0.4) is 0 Å². The van der Waals surface area contributed by atoms with E-state index in [2.05, 4.69) is 3.88 Å². The monoisotopic (exact) mass is 142 g/mol. The van der Waals surface area contributed by atoms with Crippen LogP contribution in [0.5, 0.6) is 0 Å². The average molecular weight is 140 g/mol. The van der Waals surface area contributed by atoms with Crippen molar-refractivity contribution >= 4 is 6.41 Å². The van der Waals surface area contributed by atoms with Gasteiger partial charge in [-0.05, 0) is 0 Å². The van der Waals surface area contributed by atoms with Crippen LogP contribution in [-0.4, -0.2) is 6.41 Å². The number of amides is 1. The Kier molecular flexibility index (Phi) is 3.28. The second-order valence-electron chi connectivity index (χ2n) is 0.236. The summed E-state index contributed by atoms with van der Waals surface area (Å²) in [5.74, 6) is 0. The van der Waals surface area contributed by atoms with Gasteiger partial charge in [-0.25, -0.2) is 0 Å². The first-order chi connectivity index (χ1) is 1.91. The molecule has 0 aliphatic heterocycles. The molecule has 0 saturated heterocycles. The van der Waals surface area contributed by atoms with Crippen LogP contribution in [0.15, 0.2) is 0 Å². The summed E-state index contributed by atoms with van der Waals surface area (Å²) in [5.41, 5.74) is 0. The van der Waals surface area contributed by atoms with Crippen molar-refractivity contribution in [2.24, 2.45) is 0 Å². The van der Waals surface area contributed by atoms with E-state index in [0.29, 0.717) is 6.41 Å². The molecular formula is CH2MoNO. The van der Waals surface area contributed by atoms with E-state index in [9.17, 15) is 0 Å². The van der Waals surface area contributed by atoms with E-state index in [1.165, 1.54) is 20.1 Å². The minimum absolute atomic E-state index is 0.629. The standard InChI is InChI=1S/CH3NO.Mo/c2-1-3;/h1H,(H2,2,3);/q;+1/p-1. The molecule has 0 aromatic rings. The van der Waals surface area contributed by atoms with Gasteiger partial charge in [0.25, 0.3) is 0 Å². The summed E-state index contributed by atoms with van der Waals surface area (Å²) in [6.07, 6.45) is 0.629. The second-order valence-corrected chi connectivity index (χ2v) is 0.815. The summed E-state index contributed by atoms with van der Waals surface area (Å²) in [7, 11) is 0. The zero-order chi connectivity index (χ0) is 3.41. The van der Waals surface area contributed by atoms with Crippen molar-refractivity contribution in [3.63, 3.8) is 0 Å². The Morgan fingerprint density at radius 3 is 2.25 bits per heavy atom. The van der Waals surface area contributed by atoms with Crippen molar-refractivity contribution in [2.75, 3.05) is 0 Å². The zero-order valence-electron chi connectivity index (χ0n) is 1.89. The van der Waals surface area contributed by atoms with Crippen LogP contribution in [0.1, 0.15) is 0 Å². The Bertz CT molecular complexity index is 22.0. The van der Waals surface area contributed by atoms with E-state index in [1.807, 2.05) is 0 Å². The molecular weight excluding hydrogens is 138 g/mol. The molecule has 23 valence electrons. The molecule has 0 saturated carbocycles. The van der Waals surface area contributed by atoms with Gasteiger partial charge >= 0.3 is 35.1 Å². The number of hydrogen-bond acceptors (Lipinski definition) is 1. The van der Waals surface area contributed by atoms with E-state index < -0.39 is 0 Å². The van der Waals surface area contributed by atoms with Crippen molar-refractivity contribution in [3.05, 3.63) is 0 Å². The van der Waals surface area contributed by atoms with Crippen molar-refractivity contribution in [3.8, 4) is 0 Å². The van der Waals surface area contributed by atoms with E-state index in [4.69, 9.17) is 4.79 Å².